The van der Waals surface area contributed by atoms with E-state index in [0.29, 0.717) is 6.42 Å². The molecular weight excluding hydrogens is 266 g/mol. The van der Waals surface area contributed by atoms with E-state index < -0.39 is 0 Å². The first kappa shape index (κ1) is 14.3. The van der Waals surface area contributed by atoms with Crippen molar-refractivity contribution in [2.24, 2.45) is 4.99 Å². The van der Waals surface area contributed by atoms with Gasteiger partial charge in [0.05, 0.1) is 11.0 Å². The molecule has 4 heteroatoms. The van der Waals surface area contributed by atoms with Gasteiger partial charge in [0.15, 0.2) is 0 Å². The van der Waals surface area contributed by atoms with Crippen LogP contribution in [0.3, 0.4) is 0 Å². The first-order chi connectivity index (χ1) is 9.74. The lowest BCUT2D eigenvalue weighted by atomic mass is 10.2. The molecule has 0 unspecified atom stereocenters. The average molecular weight is 281 g/mol. The molecule has 0 spiro atoms. The van der Waals surface area contributed by atoms with Crippen molar-refractivity contribution < 1.29 is 0 Å². The van der Waals surface area contributed by atoms with Crippen LogP contribution in [0.2, 0.25) is 0 Å². The SMILES string of the molecule is C=C=C/C1=C(\N=C/C)C/C=c2/cncn/c2=C/C(=C)S1. The molecule has 0 atom stereocenters. The maximum Gasteiger partial charge on any atom is 0.116 e. The monoisotopic (exact) mass is 281 g/mol. The maximum atomic E-state index is 4.44. The number of hydrogen-bond donors (Lipinski definition) is 0. The molecule has 0 aliphatic carbocycles. The molecule has 2 heterocycles. The zero-order chi connectivity index (χ0) is 14.4. The Morgan fingerprint density at radius 1 is 1.50 bits per heavy atom. The van der Waals surface area contributed by atoms with Gasteiger partial charge in [0.1, 0.15) is 6.33 Å². The van der Waals surface area contributed by atoms with Crippen LogP contribution in [0.15, 0.2) is 58.0 Å². The lowest BCUT2D eigenvalue weighted by Gasteiger charge is -2.05. The van der Waals surface area contributed by atoms with Crippen LogP contribution in [0.5, 0.6) is 0 Å². The summed E-state index contributed by atoms with van der Waals surface area (Å²) in [6.07, 6.45) is 11.7. The van der Waals surface area contributed by atoms with E-state index in [1.165, 1.54) is 0 Å². The van der Waals surface area contributed by atoms with E-state index in [1.54, 1.807) is 30.5 Å². The minimum Gasteiger partial charge on any atom is -0.264 e. The number of rotatable bonds is 2. The Morgan fingerprint density at radius 2 is 2.35 bits per heavy atom. The van der Waals surface area contributed by atoms with E-state index in [-0.39, 0.29) is 0 Å². The summed E-state index contributed by atoms with van der Waals surface area (Å²) in [5.74, 6) is 0. The lowest BCUT2D eigenvalue weighted by molar-refractivity contribution is 1.09. The second-order valence-electron chi connectivity index (χ2n) is 4.03. The van der Waals surface area contributed by atoms with Crippen molar-refractivity contribution in [3.05, 3.63) is 63.6 Å². The molecule has 1 aliphatic heterocycles. The van der Waals surface area contributed by atoms with Crippen molar-refractivity contribution in [2.45, 2.75) is 13.3 Å². The van der Waals surface area contributed by atoms with E-state index in [4.69, 9.17) is 0 Å². The van der Waals surface area contributed by atoms with Gasteiger partial charge in [-0.1, -0.05) is 31.0 Å². The molecule has 0 saturated carbocycles. The highest BCUT2D eigenvalue weighted by molar-refractivity contribution is 8.07. The Bertz CT molecular complexity index is 750. The minimum absolute atomic E-state index is 0.701. The van der Waals surface area contributed by atoms with Crippen LogP contribution in [0.25, 0.3) is 12.2 Å². The number of hydrogen-bond acceptors (Lipinski definition) is 4. The van der Waals surface area contributed by atoms with Crippen LogP contribution in [-0.4, -0.2) is 16.2 Å². The van der Waals surface area contributed by atoms with Crippen molar-refractivity contribution in [3.63, 3.8) is 0 Å². The van der Waals surface area contributed by atoms with Crippen molar-refractivity contribution in [1.82, 2.24) is 9.97 Å². The Morgan fingerprint density at radius 3 is 3.10 bits per heavy atom. The molecule has 0 bridgehead atoms. The highest BCUT2D eigenvalue weighted by Gasteiger charge is 2.06. The van der Waals surface area contributed by atoms with Gasteiger partial charge in [0, 0.05) is 33.9 Å². The molecule has 3 nitrogen and oxygen atoms in total. The fourth-order valence-electron chi connectivity index (χ4n) is 1.79. The molecule has 0 aromatic carbocycles. The van der Waals surface area contributed by atoms with Gasteiger partial charge in [-0.05, 0) is 19.1 Å². The number of thioether (sulfide) groups is 1. The van der Waals surface area contributed by atoms with Crippen molar-refractivity contribution in [1.29, 1.82) is 0 Å². The van der Waals surface area contributed by atoms with Gasteiger partial charge in [-0.3, -0.25) is 4.99 Å². The van der Waals surface area contributed by atoms with Gasteiger partial charge in [0.2, 0.25) is 0 Å². The fraction of sp³-hybridized carbons (Fsp3) is 0.125. The quantitative estimate of drug-likeness (QED) is 0.617. The van der Waals surface area contributed by atoms with E-state index in [9.17, 15) is 0 Å². The molecule has 0 fully saturated rings. The molecule has 1 aliphatic rings. The van der Waals surface area contributed by atoms with Crippen LogP contribution in [0.4, 0.5) is 0 Å². The van der Waals surface area contributed by atoms with Crippen molar-refractivity contribution >= 4 is 30.1 Å². The van der Waals surface area contributed by atoms with Crippen molar-refractivity contribution in [3.8, 4) is 0 Å². The van der Waals surface area contributed by atoms with Crippen LogP contribution in [0, 0.1) is 0 Å². The van der Waals surface area contributed by atoms with Gasteiger partial charge in [-0.25, -0.2) is 9.97 Å². The topological polar surface area (TPSA) is 38.1 Å². The minimum atomic E-state index is 0.701. The molecule has 100 valence electrons. The number of aromatic nitrogens is 2. The predicted octanol–water partition coefficient (Wildman–Crippen LogP) is 2.33. The Hall–Kier alpha value is -2.16. The number of fused-ring (bicyclic) bond motifs is 1. The summed E-state index contributed by atoms with van der Waals surface area (Å²) < 4.78 is 0. The van der Waals surface area contributed by atoms with Gasteiger partial charge in [-0.2, -0.15) is 0 Å². The predicted molar refractivity (Wildman–Crippen MR) is 86.5 cm³/mol. The molecule has 0 amide bonds. The van der Waals surface area contributed by atoms with Crippen LogP contribution >= 0.6 is 11.8 Å². The van der Waals surface area contributed by atoms with E-state index in [0.717, 1.165) is 26.1 Å². The van der Waals surface area contributed by atoms with Gasteiger partial charge in [0.25, 0.3) is 0 Å². The maximum absolute atomic E-state index is 4.44. The van der Waals surface area contributed by atoms with E-state index >= 15 is 0 Å². The molecule has 1 aromatic rings. The molecule has 20 heavy (non-hydrogen) atoms. The van der Waals surface area contributed by atoms with Crippen LogP contribution in [-0.2, 0) is 0 Å². The fourth-order valence-corrected chi connectivity index (χ4v) is 2.64. The summed E-state index contributed by atoms with van der Waals surface area (Å²) >= 11 is 1.55. The molecule has 0 N–H and O–H groups in total. The Kier molecular flexibility index (Phi) is 4.88. The summed E-state index contributed by atoms with van der Waals surface area (Å²) in [5, 5.41) is 1.86. The average Bonchev–Trinajstić information content (AvgIpc) is 2.49. The second kappa shape index (κ2) is 6.85. The Labute approximate surface area is 122 Å². The van der Waals surface area contributed by atoms with Gasteiger partial charge < -0.3 is 0 Å². The van der Waals surface area contributed by atoms with Crippen LogP contribution < -0.4 is 10.6 Å². The van der Waals surface area contributed by atoms with E-state index in [1.807, 2.05) is 19.1 Å². The smallest absolute Gasteiger partial charge is 0.116 e. The highest BCUT2D eigenvalue weighted by Crippen LogP contribution is 2.30. The third-order valence-corrected chi connectivity index (χ3v) is 3.58. The summed E-state index contributed by atoms with van der Waals surface area (Å²) in [7, 11) is 0. The summed E-state index contributed by atoms with van der Waals surface area (Å²) in [6, 6.07) is 0. The second-order valence-corrected chi connectivity index (χ2v) is 5.20. The molecule has 0 saturated heterocycles. The zero-order valence-corrected chi connectivity index (χ0v) is 12.2. The molecule has 1 aromatic heterocycles. The first-order valence-corrected chi connectivity index (χ1v) is 6.98. The number of nitrogens with zero attached hydrogens (tertiary/aromatic N) is 3. The lowest BCUT2D eigenvalue weighted by Crippen LogP contribution is -2.28. The third kappa shape index (κ3) is 3.44. The zero-order valence-electron chi connectivity index (χ0n) is 11.3. The summed E-state index contributed by atoms with van der Waals surface area (Å²) in [6.45, 7) is 9.60. The molecule has 2 rings (SSSR count). The van der Waals surface area contributed by atoms with Crippen LogP contribution in [0.1, 0.15) is 13.3 Å². The summed E-state index contributed by atoms with van der Waals surface area (Å²) in [4.78, 5) is 14.7. The largest absolute Gasteiger partial charge is 0.264 e. The van der Waals surface area contributed by atoms with Gasteiger partial charge >= 0.3 is 0 Å². The summed E-state index contributed by atoms with van der Waals surface area (Å²) in [5.41, 5.74) is 3.77. The van der Waals surface area contributed by atoms with Gasteiger partial charge in [-0.15, -0.1) is 5.73 Å². The van der Waals surface area contributed by atoms with Crippen molar-refractivity contribution in [2.75, 3.05) is 0 Å². The van der Waals surface area contributed by atoms with E-state index in [2.05, 4.69) is 39.9 Å². The standard InChI is InChI=1S/C16H15N3S/c1-4-6-16-14(18-5-2)8-7-13-10-17-11-19-15(13)9-12(3)20-16/h5-7,9-11H,1,3,8H2,2H3/b13-7-,15-9+,16-14+,18-5-. The molecular formula is C16H15N3S. The normalized spacial score (nSPS) is 22.4. The Balaban J connectivity index is 2.64. The highest BCUT2D eigenvalue weighted by atomic mass is 32.2. The number of aliphatic imine (C=N–C) groups is 1. The number of allylic oxidation sites excluding steroid dienone is 3. The third-order valence-electron chi connectivity index (χ3n) is 2.63. The first-order valence-electron chi connectivity index (χ1n) is 6.17. The molecule has 0 radical (unpaired) electrons.